The molecule has 1 aromatic rings. The first-order chi connectivity index (χ1) is 9.72. The van der Waals surface area contributed by atoms with E-state index in [1.807, 2.05) is 0 Å². The van der Waals surface area contributed by atoms with Crippen molar-refractivity contribution in [3.05, 3.63) is 29.6 Å². The van der Waals surface area contributed by atoms with Crippen LogP contribution in [-0.2, 0) is 14.8 Å². The molecule has 1 aromatic carbocycles. The maximum Gasteiger partial charge on any atom is 0.243 e. The summed E-state index contributed by atoms with van der Waals surface area (Å²) in [7, 11) is -2.48. The average Bonchev–Trinajstić information content (AvgIpc) is 2.43. The summed E-state index contributed by atoms with van der Waals surface area (Å²) in [5.74, 6) is 4.35. The second-order valence-electron chi connectivity index (χ2n) is 4.94. The third kappa shape index (κ3) is 5.10. The Bertz CT molecular complexity index is 661. The lowest BCUT2D eigenvalue weighted by atomic mass is 10.1. The molecule has 0 heterocycles. The highest BCUT2D eigenvalue weighted by atomic mass is 32.2. The van der Waals surface area contributed by atoms with Crippen LogP contribution in [0.4, 0.5) is 4.39 Å². The van der Waals surface area contributed by atoms with Crippen molar-refractivity contribution in [1.82, 2.24) is 4.72 Å². The van der Waals surface area contributed by atoms with E-state index in [-0.39, 0.29) is 13.1 Å². The standard InChI is InChI=1S/C14H19FN2O3S/c1-14(2,20-3)10-17-21(18,19)13-7-6-11(5-4-8-16)9-12(13)15/h6-7,9,17H,8,10,16H2,1-3H3. The fraction of sp³-hybridized carbons (Fsp3) is 0.429. The lowest BCUT2D eigenvalue weighted by molar-refractivity contribution is 0.0276. The van der Waals surface area contributed by atoms with Crippen LogP contribution in [0.1, 0.15) is 19.4 Å². The Kier molecular flexibility index (Phi) is 5.87. The van der Waals surface area contributed by atoms with E-state index in [1.165, 1.54) is 19.2 Å². The third-order valence-electron chi connectivity index (χ3n) is 2.80. The van der Waals surface area contributed by atoms with Crippen molar-refractivity contribution in [2.45, 2.75) is 24.3 Å². The van der Waals surface area contributed by atoms with E-state index in [1.54, 1.807) is 13.8 Å². The van der Waals surface area contributed by atoms with Gasteiger partial charge in [0.1, 0.15) is 10.7 Å². The number of halogens is 1. The minimum absolute atomic E-state index is 0.0278. The first-order valence-electron chi connectivity index (χ1n) is 6.25. The third-order valence-corrected chi connectivity index (χ3v) is 4.23. The van der Waals surface area contributed by atoms with E-state index in [2.05, 4.69) is 16.6 Å². The van der Waals surface area contributed by atoms with E-state index >= 15 is 0 Å². The zero-order valence-electron chi connectivity index (χ0n) is 12.2. The molecule has 116 valence electrons. The number of nitrogens with two attached hydrogens (primary N) is 1. The van der Waals surface area contributed by atoms with Crippen molar-refractivity contribution in [2.75, 3.05) is 20.2 Å². The molecule has 0 atom stereocenters. The van der Waals surface area contributed by atoms with E-state index in [9.17, 15) is 12.8 Å². The number of sulfonamides is 1. The van der Waals surface area contributed by atoms with Gasteiger partial charge < -0.3 is 10.5 Å². The van der Waals surface area contributed by atoms with Gasteiger partial charge in [-0.25, -0.2) is 17.5 Å². The predicted octanol–water partition coefficient (Wildman–Crippen LogP) is 0.839. The first-order valence-corrected chi connectivity index (χ1v) is 7.73. The van der Waals surface area contributed by atoms with E-state index < -0.39 is 26.3 Å². The normalized spacial score (nSPS) is 11.9. The number of ether oxygens (including phenoxy) is 1. The molecule has 0 aliphatic heterocycles. The molecular formula is C14H19FN2O3S. The van der Waals surface area contributed by atoms with Crippen molar-refractivity contribution in [3.63, 3.8) is 0 Å². The van der Waals surface area contributed by atoms with Crippen LogP contribution in [0.15, 0.2) is 23.1 Å². The van der Waals surface area contributed by atoms with Crippen molar-refractivity contribution < 1.29 is 17.5 Å². The lowest BCUT2D eigenvalue weighted by Gasteiger charge is -2.23. The highest BCUT2D eigenvalue weighted by molar-refractivity contribution is 7.89. The number of rotatable bonds is 5. The molecule has 1 rings (SSSR count). The highest BCUT2D eigenvalue weighted by Gasteiger charge is 2.24. The minimum Gasteiger partial charge on any atom is -0.377 e. The van der Waals surface area contributed by atoms with Gasteiger partial charge in [-0.15, -0.1) is 0 Å². The number of benzene rings is 1. The number of hydrogen-bond donors (Lipinski definition) is 2. The summed E-state index contributed by atoms with van der Waals surface area (Å²) in [6, 6.07) is 3.68. The molecule has 0 saturated heterocycles. The summed E-state index contributed by atoms with van der Waals surface area (Å²) in [5, 5.41) is 0. The van der Waals surface area contributed by atoms with Gasteiger partial charge in [0.2, 0.25) is 10.0 Å². The van der Waals surface area contributed by atoms with Crippen LogP contribution in [0.25, 0.3) is 0 Å². The molecule has 0 aromatic heterocycles. The Labute approximate surface area is 124 Å². The quantitative estimate of drug-likeness (QED) is 0.789. The highest BCUT2D eigenvalue weighted by Crippen LogP contribution is 2.16. The Morgan fingerprint density at radius 1 is 1.43 bits per heavy atom. The van der Waals surface area contributed by atoms with Crippen molar-refractivity contribution in [1.29, 1.82) is 0 Å². The number of nitrogens with one attached hydrogen (secondary N) is 1. The molecule has 0 aliphatic rings. The van der Waals surface area contributed by atoms with Crippen molar-refractivity contribution in [3.8, 4) is 11.8 Å². The average molecular weight is 314 g/mol. The Morgan fingerprint density at radius 3 is 2.62 bits per heavy atom. The summed E-state index contributed by atoms with van der Waals surface area (Å²) in [6.07, 6.45) is 0. The van der Waals surface area contributed by atoms with E-state index in [0.29, 0.717) is 5.56 Å². The first kappa shape index (κ1) is 17.6. The number of methoxy groups -OCH3 is 1. The molecule has 0 spiro atoms. The molecule has 21 heavy (non-hydrogen) atoms. The van der Waals surface area contributed by atoms with Crippen LogP contribution >= 0.6 is 0 Å². The van der Waals surface area contributed by atoms with Crippen LogP contribution in [-0.4, -0.2) is 34.2 Å². The molecule has 3 N–H and O–H groups in total. The zero-order valence-corrected chi connectivity index (χ0v) is 13.1. The molecule has 5 nitrogen and oxygen atoms in total. The summed E-state index contributed by atoms with van der Waals surface area (Å²) in [6.45, 7) is 3.62. The van der Waals surface area contributed by atoms with Crippen LogP contribution in [0.3, 0.4) is 0 Å². The van der Waals surface area contributed by atoms with Crippen LogP contribution in [0.2, 0.25) is 0 Å². The largest absolute Gasteiger partial charge is 0.377 e. The van der Waals surface area contributed by atoms with E-state index in [4.69, 9.17) is 10.5 Å². The van der Waals surface area contributed by atoms with Gasteiger partial charge >= 0.3 is 0 Å². The molecule has 0 aliphatic carbocycles. The minimum atomic E-state index is -3.95. The molecule has 0 bridgehead atoms. The SMILES string of the molecule is COC(C)(C)CNS(=O)(=O)c1ccc(C#CCN)cc1F. The van der Waals surface area contributed by atoms with Gasteiger partial charge in [-0.2, -0.15) is 0 Å². The van der Waals surface area contributed by atoms with Gasteiger partial charge in [-0.1, -0.05) is 11.8 Å². The Hall–Kier alpha value is -1.46. The summed E-state index contributed by atoms with van der Waals surface area (Å²) >= 11 is 0. The van der Waals surface area contributed by atoms with Crippen LogP contribution in [0, 0.1) is 17.7 Å². The summed E-state index contributed by atoms with van der Waals surface area (Å²) in [4.78, 5) is -0.423. The fourth-order valence-electron chi connectivity index (χ4n) is 1.37. The predicted molar refractivity (Wildman–Crippen MR) is 78.6 cm³/mol. The molecule has 0 unspecified atom stereocenters. The van der Waals surface area contributed by atoms with Gasteiger partial charge in [0.25, 0.3) is 0 Å². The molecular weight excluding hydrogens is 295 g/mol. The fourth-order valence-corrected chi connectivity index (χ4v) is 2.62. The Morgan fingerprint density at radius 2 is 2.10 bits per heavy atom. The molecule has 0 amide bonds. The lowest BCUT2D eigenvalue weighted by Crippen LogP contribution is -2.39. The number of hydrogen-bond acceptors (Lipinski definition) is 4. The van der Waals surface area contributed by atoms with Crippen molar-refractivity contribution in [2.24, 2.45) is 5.73 Å². The molecule has 0 radical (unpaired) electrons. The van der Waals surface area contributed by atoms with Gasteiger partial charge in [0, 0.05) is 19.2 Å². The summed E-state index contributed by atoms with van der Waals surface area (Å²) in [5.41, 5.74) is 4.91. The van der Waals surface area contributed by atoms with Gasteiger partial charge in [-0.05, 0) is 32.0 Å². The van der Waals surface area contributed by atoms with Crippen molar-refractivity contribution >= 4 is 10.0 Å². The summed E-state index contributed by atoms with van der Waals surface area (Å²) < 4.78 is 45.5. The topological polar surface area (TPSA) is 81.4 Å². The molecule has 7 heteroatoms. The maximum absolute atomic E-state index is 13.9. The van der Waals surface area contributed by atoms with Gasteiger partial charge in [-0.3, -0.25) is 0 Å². The van der Waals surface area contributed by atoms with Crippen LogP contribution in [0.5, 0.6) is 0 Å². The second-order valence-corrected chi connectivity index (χ2v) is 6.67. The van der Waals surface area contributed by atoms with Gasteiger partial charge in [0.15, 0.2) is 0 Å². The maximum atomic E-state index is 13.9. The smallest absolute Gasteiger partial charge is 0.243 e. The monoisotopic (exact) mass is 314 g/mol. The Balaban J connectivity index is 2.99. The van der Waals surface area contributed by atoms with Crippen LogP contribution < -0.4 is 10.5 Å². The van der Waals surface area contributed by atoms with E-state index in [0.717, 1.165) is 6.07 Å². The molecule has 0 saturated carbocycles. The molecule has 0 fully saturated rings. The zero-order chi connectivity index (χ0) is 16.1. The second kappa shape index (κ2) is 7.00. The van der Waals surface area contributed by atoms with Gasteiger partial charge in [0.05, 0.1) is 12.1 Å².